The van der Waals surface area contributed by atoms with Crippen LogP contribution < -0.4 is 4.74 Å². The highest BCUT2D eigenvalue weighted by atomic mass is 127. The normalized spacial score (nSPS) is 9.50. The maximum atomic E-state index is 5.42. The Hall–Kier alpha value is -0.510. The summed E-state index contributed by atoms with van der Waals surface area (Å²) in [5, 5.41) is 0. The molecule has 0 saturated heterocycles. The zero-order chi connectivity index (χ0) is 8.97. The molecule has 1 nitrogen and oxygen atoms in total. The second kappa shape index (κ2) is 4.50. The van der Waals surface area contributed by atoms with Gasteiger partial charge in [0, 0.05) is 3.57 Å². The molecule has 0 aliphatic heterocycles. The first-order valence-corrected chi connectivity index (χ1v) is 4.79. The summed E-state index contributed by atoms with van der Waals surface area (Å²) in [4.78, 5) is 0. The molecule has 0 fully saturated rings. The van der Waals surface area contributed by atoms with E-state index < -0.39 is 0 Å². The first-order chi connectivity index (χ1) is 5.68. The molecule has 64 valence electrons. The number of ether oxygens (including phenoxy) is 1. The molecule has 0 bridgehead atoms. The van der Waals surface area contributed by atoms with Crippen molar-refractivity contribution in [3.05, 3.63) is 40.0 Å². The van der Waals surface area contributed by atoms with Crippen LogP contribution in [0.2, 0.25) is 0 Å². The van der Waals surface area contributed by atoms with Crippen LogP contribution in [0.3, 0.4) is 0 Å². The van der Waals surface area contributed by atoms with Crippen molar-refractivity contribution in [3.63, 3.8) is 0 Å². The van der Waals surface area contributed by atoms with Gasteiger partial charge in [-0.05, 0) is 59.4 Å². The molecule has 1 rings (SSSR count). The van der Waals surface area contributed by atoms with Crippen LogP contribution in [0.5, 0.6) is 5.75 Å². The van der Waals surface area contributed by atoms with Crippen LogP contribution in [0.4, 0.5) is 0 Å². The molecule has 12 heavy (non-hydrogen) atoms. The van der Waals surface area contributed by atoms with Gasteiger partial charge < -0.3 is 4.74 Å². The minimum absolute atomic E-state index is 0.598. The first kappa shape index (κ1) is 9.58. The SMILES string of the molecule is C=C(C)COc1ccc(I)cc1. The highest BCUT2D eigenvalue weighted by Gasteiger charge is 1.92. The Labute approximate surface area is 86.6 Å². The lowest BCUT2D eigenvalue weighted by Crippen LogP contribution is -1.96. The molecule has 1 aromatic rings. The summed E-state index contributed by atoms with van der Waals surface area (Å²) in [7, 11) is 0. The summed E-state index contributed by atoms with van der Waals surface area (Å²) in [6, 6.07) is 7.97. The lowest BCUT2D eigenvalue weighted by atomic mass is 10.3. The Morgan fingerprint density at radius 1 is 1.42 bits per heavy atom. The molecular formula is C10H11IO. The van der Waals surface area contributed by atoms with Crippen molar-refractivity contribution in [2.45, 2.75) is 6.92 Å². The Kier molecular flexibility index (Phi) is 3.59. The zero-order valence-electron chi connectivity index (χ0n) is 7.01. The van der Waals surface area contributed by atoms with Gasteiger partial charge in [0.05, 0.1) is 0 Å². The van der Waals surface area contributed by atoms with Gasteiger partial charge in [-0.25, -0.2) is 0 Å². The number of benzene rings is 1. The summed E-state index contributed by atoms with van der Waals surface area (Å²) in [5.41, 5.74) is 1.04. The van der Waals surface area contributed by atoms with Gasteiger partial charge in [-0.2, -0.15) is 0 Å². The first-order valence-electron chi connectivity index (χ1n) is 3.71. The number of rotatable bonds is 3. The number of hydrogen-bond acceptors (Lipinski definition) is 1. The van der Waals surface area contributed by atoms with Gasteiger partial charge in [0.15, 0.2) is 0 Å². The average molecular weight is 274 g/mol. The lowest BCUT2D eigenvalue weighted by molar-refractivity contribution is 0.352. The largest absolute Gasteiger partial charge is 0.489 e. The predicted octanol–water partition coefficient (Wildman–Crippen LogP) is 3.25. The number of halogens is 1. The van der Waals surface area contributed by atoms with E-state index in [0.29, 0.717) is 6.61 Å². The van der Waals surface area contributed by atoms with Crippen molar-refractivity contribution in [1.82, 2.24) is 0 Å². The van der Waals surface area contributed by atoms with Crippen molar-refractivity contribution >= 4 is 22.6 Å². The van der Waals surface area contributed by atoms with Gasteiger partial charge in [0.25, 0.3) is 0 Å². The van der Waals surface area contributed by atoms with E-state index in [1.165, 1.54) is 3.57 Å². The van der Waals surface area contributed by atoms with E-state index in [0.717, 1.165) is 11.3 Å². The van der Waals surface area contributed by atoms with Crippen LogP contribution in [0.1, 0.15) is 6.92 Å². The van der Waals surface area contributed by atoms with Gasteiger partial charge in [-0.1, -0.05) is 6.58 Å². The van der Waals surface area contributed by atoms with E-state index in [1.807, 2.05) is 31.2 Å². The molecule has 0 atom stereocenters. The fourth-order valence-electron chi connectivity index (χ4n) is 0.737. The van der Waals surface area contributed by atoms with Gasteiger partial charge in [-0.15, -0.1) is 0 Å². The maximum Gasteiger partial charge on any atom is 0.119 e. The predicted molar refractivity (Wildman–Crippen MR) is 59.5 cm³/mol. The smallest absolute Gasteiger partial charge is 0.119 e. The van der Waals surface area contributed by atoms with Crippen LogP contribution in [-0.2, 0) is 0 Å². The fourth-order valence-corrected chi connectivity index (χ4v) is 1.10. The molecule has 0 amide bonds. The topological polar surface area (TPSA) is 9.23 Å². The van der Waals surface area contributed by atoms with Gasteiger partial charge in [0.2, 0.25) is 0 Å². The van der Waals surface area contributed by atoms with Crippen molar-refractivity contribution in [2.75, 3.05) is 6.61 Å². The Morgan fingerprint density at radius 2 is 2.00 bits per heavy atom. The van der Waals surface area contributed by atoms with Crippen molar-refractivity contribution in [2.24, 2.45) is 0 Å². The highest BCUT2D eigenvalue weighted by Crippen LogP contribution is 2.13. The van der Waals surface area contributed by atoms with Crippen LogP contribution in [-0.4, -0.2) is 6.61 Å². The Bertz CT molecular complexity index is 264. The molecule has 0 saturated carbocycles. The summed E-state index contributed by atoms with van der Waals surface area (Å²) < 4.78 is 6.64. The minimum Gasteiger partial charge on any atom is -0.489 e. The Morgan fingerprint density at radius 3 is 2.50 bits per heavy atom. The van der Waals surface area contributed by atoms with Gasteiger partial charge >= 0.3 is 0 Å². The van der Waals surface area contributed by atoms with E-state index in [-0.39, 0.29) is 0 Å². The van der Waals surface area contributed by atoms with E-state index in [9.17, 15) is 0 Å². The van der Waals surface area contributed by atoms with E-state index in [2.05, 4.69) is 29.2 Å². The highest BCUT2D eigenvalue weighted by molar-refractivity contribution is 14.1. The second-order valence-electron chi connectivity index (χ2n) is 2.70. The van der Waals surface area contributed by atoms with Crippen LogP contribution in [0, 0.1) is 3.57 Å². The molecule has 0 aromatic heterocycles. The second-order valence-corrected chi connectivity index (χ2v) is 3.95. The van der Waals surface area contributed by atoms with Crippen molar-refractivity contribution in [3.8, 4) is 5.75 Å². The molecule has 0 radical (unpaired) electrons. The molecule has 0 aliphatic carbocycles. The van der Waals surface area contributed by atoms with Crippen molar-refractivity contribution < 1.29 is 4.74 Å². The van der Waals surface area contributed by atoms with Crippen LogP contribution in [0.25, 0.3) is 0 Å². The summed E-state index contributed by atoms with van der Waals surface area (Å²) in [6.07, 6.45) is 0. The molecule has 0 aliphatic rings. The molecule has 2 heteroatoms. The quantitative estimate of drug-likeness (QED) is 0.607. The third kappa shape index (κ3) is 3.26. The maximum absolute atomic E-state index is 5.42. The molecule has 0 N–H and O–H groups in total. The summed E-state index contributed by atoms with van der Waals surface area (Å²) in [6.45, 7) is 6.31. The average Bonchev–Trinajstić information content (AvgIpc) is 2.03. The fraction of sp³-hybridized carbons (Fsp3) is 0.200. The lowest BCUT2D eigenvalue weighted by Gasteiger charge is -2.04. The van der Waals surface area contributed by atoms with Crippen LogP contribution in [0.15, 0.2) is 36.4 Å². The van der Waals surface area contributed by atoms with E-state index in [4.69, 9.17) is 4.74 Å². The summed E-state index contributed by atoms with van der Waals surface area (Å²) in [5.74, 6) is 0.901. The zero-order valence-corrected chi connectivity index (χ0v) is 9.17. The van der Waals surface area contributed by atoms with E-state index in [1.54, 1.807) is 0 Å². The van der Waals surface area contributed by atoms with Gasteiger partial charge in [-0.3, -0.25) is 0 Å². The Balaban J connectivity index is 2.53. The monoisotopic (exact) mass is 274 g/mol. The molecule has 0 spiro atoms. The molecule has 0 unspecified atom stereocenters. The molecular weight excluding hydrogens is 263 g/mol. The third-order valence-electron chi connectivity index (χ3n) is 1.30. The van der Waals surface area contributed by atoms with Crippen molar-refractivity contribution in [1.29, 1.82) is 0 Å². The third-order valence-corrected chi connectivity index (χ3v) is 2.02. The van der Waals surface area contributed by atoms with E-state index >= 15 is 0 Å². The number of hydrogen-bond donors (Lipinski definition) is 0. The van der Waals surface area contributed by atoms with Gasteiger partial charge in [0.1, 0.15) is 12.4 Å². The summed E-state index contributed by atoms with van der Waals surface area (Å²) >= 11 is 2.27. The molecule has 1 aromatic carbocycles. The minimum atomic E-state index is 0.598. The standard InChI is InChI=1S/C10H11IO/c1-8(2)7-12-10-5-3-9(11)4-6-10/h3-6H,1,7H2,2H3. The molecule has 0 heterocycles. The van der Waals surface area contributed by atoms with Crippen LogP contribution >= 0.6 is 22.6 Å².